The van der Waals surface area contributed by atoms with E-state index in [1.165, 1.54) is 36.3 Å². The number of thiophene rings is 1. The van der Waals surface area contributed by atoms with Crippen LogP contribution in [0, 0.1) is 13.8 Å². The zero-order valence-electron chi connectivity index (χ0n) is 15.7. The standard InChI is InChI=1S/C21H25N3OS/c1-13-7-9-16(10-8-13)18-15(3)26-21-19(18)20(25)22-17(23-21)12-24-11-5-4-6-14(24)2/h7-10,14H,4-6,11-12H2,1-3H3,(H,22,23,25)/p+1/t14-/m1/s1. The Hall–Kier alpha value is -1.98. The van der Waals surface area contributed by atoms with Gasteiger partial charge in [-0.2, -0.15) is 0 Å². The van der Waals surface area contributed by atoms with Crippen LogP contribution in [0.3, 0.4) is 0 Å². The molecule has 0 aliphatic carbocycles. The SMILES string of the molecule is Cc1ccc(-c2c(C)sc3nc(C[NH+]4CCCC[C@H]4C)[nH]c(=O)c23)cc1. The van der Waals surface area contributed by atoms with Gasteiger partial charge in [0.15, 0.2) is 5.82 Å². The Morgan fingerprint density at radius 3 is 2.73 bits per heavy atom. The van der Waals surface area contributed by atoms with Crippen molar-refractivity contribution in [2.45, 2.75) is 52.6 Å². The number of rotatable bonds is 3. The lowest BCUT2D eigenvalue weighted by atomic mass is 10.0. The normalized spacial score (nSPS) is 20.6. The van der Waals surface area contributed by atoms with Crippen molar-refractivity contribution in [3.8, 4) is 11.1 Å². The molecule has 2 atom stereocenters. The van der Waals surface area contributed by atoms with Gasteiger partial charge in [-0.15, -0.1) is 11.3 Å². The molecule has 0 spiro atoms. The molecule has 1 aliphatic heterocycles. The lowest BCUT2D eigenvalue weighted by molar-refractivity contribution is -0.942. The van der Waals surface area contributed by atoms with Crippen LogP contribution in [0.5, 0.6) is 0 Å². The highest BCUT2D eigenvalue weighted by molar-refractivity contribution is 7.19. The number of aromatic nitrogens is 2. The predicted molar refractivity (Wildman–Crippen MR) is 108 cm³/mol. The fraction of sp³-hybridized carbons (Fsp3) is 0.429. The zero-order valence-corrected chi connectivity index (χ0v) is 16.5. The van der Waals surface area contributed by atoms with Crippen LogP contribution in [0.1, 0.15) is 42.5 Å². The van der Waals surface area contributed by atoms with Crippen LogP contribution in [-0.2, 0) is 6.54 Å². The molecule has 4 rings (SSSR count). The molecule has 4 nitrogen and oxygen atoms in total. The molecular weight excluding hydrogens is 342 g/mol. The molecule has 1 unspecified atom stereocenters. The third kappa shape index (κ3) is 3.21. The second-order valence-electron chi connectivity index (χ2n) is 7.57. The molecule has 1 aliphatic rings. The molecule has 3 aromatic rings. The van der Waals surface area contributed by atoms with Crippen LogP contribution in [0.2, 0.25) is 0 Å². The van der Waals surface area contributed by atoms with Gasteiger partial charge in [-0.05, 0) is 45.6 Å². The van der Waals surface area contributed by atoms with Crippen LogP contribution in [0.4, 0.5) is 0 Å². The lowest BCUT2D eigenvalue weighted by Gasteiger charge is -2.29. The van der Waals surface area contributed by atoms with E-state index < -0.39 is 0 Å². The Bertz CT molecular complexity index is 987. The number of nitrogens with one attached hydrogen (secondary N) is 2. The molecule has 136 valence electrons. The molecule has 1 saturated heterocycles. The first-order chi connectivity index (χ1) is 12.5. The van der Waals surface area contributed by atoms with Crippen LogP contribution >= 0.6 is 11.3 Å². The second-order valence-corrected chi connectivity index (χ2v) is 8.78. The monoisotopic (exact) mass is 368 g/mol. The van der Waals surface area contributed by atoms with E-state index in [1.54, 1.807) is 11.3 Å². The number of aromatic amines is 1. The quantitative estimate of drug-likeness (QED) is 0.746. The molecule has 3 heterocycles. The summed E-state index contributed by atoms with van der Waals surface area (Å²) in [5, 5.41) is 0.738. The highest BCUT2D eigenvalue weighted by Gasteiger charge is 2.24. The maximum absolute atomic E-state index is 12.9. The number of nitrogens with zero attached hydrogens (tertiary/aromatic N) is 1. The molecule has 0 bridgehead atoms. The maximum Gasteiger partial charge on any atom is 0.260 e. The number of fused-ring (bicyclic) bond motifs is 1. The molecule has 1 fully saturated rings. The largest absolute Gasteiger partial charge is 0.326 e. The summed E-state index contributed by atoms with van der Waals surface area (Å²) in [6, 6.07) is 9.01. The van der Waals surface area contributed by atoms with Crippen molar-refractivity contribution in [3.63, 3.8) is 0 Å². The Kier molecular flexibility index (Phi) is 4.67. The van der Waals surface area contributed by atoms with Gasteiger partial charge in [0.1, 0.15) is 11.4 Å². The smallest absolute Gasteiger partial charge is 0.260 e. The van der Waals surface area contributed by atoms with Crippen molar-refractivity contribution < 1.29 is 4.90 Å². The van der Waals surface area contributed by atoms with E-state index >= 15 is 0 Å². The van der Waals surface area contributed by atoms with E-state index in [0.29, 0.717) is 6.04 Å². The average Bonchev–Trinajstić information content (AvgIpc) is 2.94. The van der Waals surface area contributed by atoms with Gasteiger partial charge in [0.05, 0.1) is 18.0 Å². The minimum absolute atomic E-state index is 0.00557. The van der Waals surface area contributed by atoms with Crippen LogP contribution < -0.4 is 10.5 Å². The van der Waals surface area contributed by atoms with Crippen molar-refractivity contribution in [1.29, 1.82) is 0 Å². The average molecular weight is 369 g/mol. The zero-order chi connectivity index (χ0) is 18.3. The van der Waals surface area contributed by atoms with Crippen molar-refractivity contribution in [2.75, 3.05) is 6.54 Å². The van der Waals surface area contributed by atoms with Crippen LogP contribution in [-0.4, -0.2) is 22.6 Å². The van der Waals surface area contributed by atoms with Gasteiger partial charge in [0, 0.05) is 10.4 Å². The molecule has 5 heteroatoms. The van der Waals surface area contributed by atoms with Gasteiger partial charge in [-0.3, -0.25) is 4.79 Å². The fourth-order valence-electron chi connectivity index (χ4n) is 4.05. The minimum Gasteiger partial charge on any atom is -0.326 e. The van der Waals surface area contributed by atoms with E-state index in [2.05, 4.69) is 50.0 Å². The van der Waals surface area contributed by atoms with E-state index in [9.17, 15) is 4.79 Å². The van der Waals surface area contributed by atoms with E-state index in [-0.39, 0.29) is 5.56 Å². The fourth-order valence-corrected chi connectivity index (χ4v) is 5.11. The van der Waals surface area contributed by atoms with Crippen molar-refractivity contribution >= 4 is 21.6 Å². The van der Waals surface area contributed by atoms with E-state index in [4.69, 9.17) is 4.98 Å². The first-order valence-corrected chi connectivity index (χ1v) is 10.3. The molecule has 0 amide bonds. The first-order valence-electron chi connectivity index (χ1n) is 9.47. The molecular formula is C21H26N3OS+. The summed E-state index contributed by atoms with van der Waals surface area (Å²) in [6.07, 6.45) is 3.84. The van der Waals surface area contributed by atoms with E-state index in [1.807, 2.05) is 0 Å². The summed E-state index contributed by atoms with van der Waals surface area (Å²) < 4.78 is 0. The van der Waals surface area contributed by atoms with Gasteiger partial charge in [-0.25, -0.2) is 4.98 Å². The Morgan fingerprint density at radius 2 is 2.00 bits per heavy atom. The van der Waals surface area contributed by atoms with Gasteiger partial charge < -0.3 is 9.88 Å². The third-order valence-corrected chi connectivity index (χ3v) is 6.60. The number of hydrogen-bond donors (Lipinski definition) is 2. The summed E-state index contributed by atoms with van der Waals surface area (Å²) in [6.45, 7) is 8.44. The van der Waals surface area contributed by atoms with Gasteiger partial charge >= 0.3 is 0 Å². The van der Waals surface area contributed by atoms with Crippen molar-refractivity contribution in [3.05, 3.63) is 50.9 Å². The Balaban J connectivity index is 1.75. The van der Waals surface area contributed by atoms with Crippen LogP contribution in [0.25, 0.3) is 21.3 Å². The maximum atomic E-state index is 12.9. The first kappa shape index (κ1) is 17.4. The molecule has 0 radical (unpaired) electrons. The number of H-pyrrole nitrogens is 1. The molecule has 1 aromatic carbocycles. The van der Waals surface area contributed by atoms with Gasteiger partial charge in [0.2, 0.25) is 0 Å². The summed E-state index contributed by atoms with van der Waals surface area (Å²) >= 11 is 1.63. The summed E-state index contributed by atoms with van der Waals surface area (Å²) in [5.74, 6) is 0.822. The van der Waals surface area contributed by atoms with Gasteiger partial charge in [0.25, 0.3) is 5.56 Å². The Morgan fingerprint density at radius 1 is 1.23 bits per heavy atom. The third-order valence-electron chi connectivity index (χ3n) is 5.60. The number of likely N-dealkylation sites (tertiary alicyclic amines) is 1. The minimum atomic E-state index is -0.00557. The number of quaternary nitrogens is 1. The second kappa shape index (κ2) is 6.97. The molecule has 0 saturated carbocycles. The van der Waals surface area contributed by atoms with Crippen molar-refractivity contribution in [2.24, 2.45) is 0 Å². The summed E-state index contributed by atoms with van der Waals surface area (Å²) in [4.78, 5) is 24.3. The summed E-state index contributed by atoms with van der Waals surface area (Å²) in [7, 11) is 0. The molecule has 2 aromatic heterocycles. The number of benzene rings is 1. The topological polar surface area (TPSA) is 50.2 Å². The summed E-state index contributed by atoms with van der Waals surface area (Å²) in [5.41, 5.74) is 3.34. The predicted octanol–water partition coefficient (Wildman–Crippen LogP) is 3.23. The lowest BCUT2D eigenvalue weighted by Crippen LogP contribution is -3.15. The van der Waals surface area contributed by atoms with E-state index in [0.717, 1.165) is 38.6 Å². The number of piperidine rings is 1. The molecule has 2 N–H and O–H groups in total. The number of aryl methyl sites for hydroxylation is 2. The highest BCUT2D eigenvalue weighted by Crippen LogP contribution is 2.35. The number of hydrogen-bond acceptors (Lipinski definition) is 3. The Labute approximate surface area is 157 Å². The highest BCUT2D eigenvalue weighted by atomic mass is 32.1. The molecule has 26 heavy (non-hydrogen) atoms. The van der Waals surface area contributed by atoms with Gasteiger partial charge in [-0.1, -0.05) is 29.8 Å². The van der Waals surface area contributed by atoms with Crippen molar-refractivity contribution in [1.82, 2.24) is 9.97 Å². The van der Waals surface area contributed by atoms with Crippen LogP contribution in [0.15, 0.2) is 29.1 Å².